The van der Waals surface area contributed by atoms with Crippen molar-refractivity contribution in [3.63, 3.8) is 0 Å². The fourth-order valence-electron chi connectivity index (χ4n) is 2.37. The van der Waals surface area contributed by atoms with E-state index in [0.29, 0.717) is 6.04 Å². The number of rotatable bonds is 3. The van der Waals surface area contributed by atoms with Crippen molar-refractivity contribution < 1.29 is 4.42 Å². The van der Waals surface area contributed by atoms with E-state index in [0.717, 1.165) is 31.3 Å². The van der Waals surface area contributed by atoms with Crippen LogP contribution in [0.5, 0.6) is 0 Å². The fourth-order valence-corrected chi connectivity index (χ4v) is 2.37. The molecule has 1 aliphatic heterocycles. The molecule has 1 N–H and O–H groups in total. The highest BCUT2D eigenvalue weighted by Crippen LogP contribution is 2.21. The quantitative estimate of drug-likeness (QED) is 0.874. The number of aromatic nitrogens is 1. The van der Waals surface area contributed by atoms with E-state index in [-0.39, 0.29) is 6.04 Å². The van der Waals surface area contributed by atoms with Gasteiger partial charge in [-0.25, -0.2) is 4.98 Å². The summed E-state index contributed by atoms with van der Waals surface area (Å²) in [6, 6.07) is 0.869. The molecule has 1 fully saturated rings. The first-order valence-corrected chi connectivity index (χ1v) is 6.60. The number of aryl methyl sites for hydroxylation is 1. The van der Waals surface area contributed by atoms with Crippen molar-refractivity contribution in [3.05, 3.63) is 17.8 Å². The summed E-state index contributed by atoms with van der Waals surface area (Å²) in [7, 11) is 0. The summed E-state index contributed by atoms with van der Waals surface area (Å²) in [4.78, 5) is 6.82. The normalized spacial score (nSPS) is 24.5. The zero-order valence-corrected chi connectivity index (χ0v) is 11.1. The molecule has 2 unspecified atom stereocenters. The molecule has 1 aromatic rings. The van der Waals surface area contributed by atoms with Crippen molar-refractivity contribution in [2.75, 3.05) is 19.6 Å². The number of hydrogen-bond donors (Lipinski definition) is 1. The Morgan fingerprint density at radius 2 is 2.47 bits per heavy atom. The van der Waals surface area contributed by atoms with Crippen LogP contribution in [-0.4, -0.2) is 35.6 Å². The van der Waals surface area contributed by atoms with Gasteiger partial charge in [0, 0.05) is 19.1 Å². The first-order valence-electron chi connectivity index (χ1n) is 6.60. The fraction of sp³-hybridized carbons (Fsp3) is 0.769. The largest absolute Gasteiger partial charge is 0.444 e. The second-order valence-corrected chi connectivity index (χ2v) is 4.89. The van der Waals surface area contributed by atoms with Crippen LogP contribution in [0, 0.1) is 6.92 Å². The Bertz CT molecular complexity index is 350. The van der Waals surface area contributed by atoms with Gasteiger partial charge in [-0.3, -0.25) is 4.90 Å². The predicted octanol–water partition coefficient (Wildman–Crippen LogP) is 2.12. The lowest BCUT2D eigenvalue weighted by Gasteiger charge is -2.27. The molecule has 0 spiro atoms. The number of oxazole rings is 1. The predicted molar refractivity (Wildman–Crippen MR) is 67.9 cm³/mol. The molecule has 0 bridgehead atoms. The van der Waals surface area contributed by atoms with Crippen molar-refractivity contribution in [2.24, 2.45) is 0 Å². The van der Waals surface area contributed by atoms with Gasteiger partial charge in [-0.05, 0) is 33.2 Å². The van der Waals surface area contributed by atoms with E-state index in [1.165, 1.54) is 12.8 Å². The molecule has 0 aliphatic carbocycles. The zero-order valence-electron chi connectivity index (χ0n) is 11.1. The van der Waals surface area contributed by atoms with Crippen molar-refractivity contribution in [1.29, 1.82) is 0 Å². The third-order valence-electron chi connectivity index (χ3n) is 3.55. The van der Waals surface area contributed by atoms with Crippen LogP contribution in [0.1, 0.15) is 44.4 Å². The van der Waals surface area contributed by atoms with Gasteiger partial charge in [-0.1, -0.05) is 6.92 Å². The summed E-state index contributed by atoms with van der Waals surface area (Å²) in [6.07, 6.45) is 4.17. The third kappa shape index (κ3) is 3.07. The Morgan fingerprint density at radius 3 is 3.12 bits per heavy atom. The van der Waals surface area contributed by atoms with Crippen molar-refractivity contribution in [3.8, 4) is 0 Å². The van der Waals surface area contributed by atoms with Crippen LogP contribution >= 0.6 is 0 Å². The first-order chi connectivity index (χ1) is 8.20. The minimum atomic E-state index is 0.276. The summed E-state index contributed by atoms with van der Waals surface area (Å²) in [5.41, 5.74) is 0. The summed E-state index contributed by atoms with van der Waals surface area (Å²) in [5, 5.41) is 3.58. The Labute approximate surface area is 103 Å². The second-order valence-electron chi connectivity index (χ2n) is 4.89. The standard InChI is InChI=1S/C13H23N3O/c1-4-12-9-16(7-5-6-14-12)11(3)13-15-8-10(2)17-13/h8,11-12,14H,4-7,9H2,1-3H3. The molecule has 4 nitrogen and oxygen atoms in total. The Balaban J connectivity index is 2.04. The summed E-state index contributed by atoms with van der Waals surface area (Å²) >= 11 is 0. The van der Waals surface area contributed by atoms with E-state index in [9.17, 15) is 0 Å². The van der Waals surface area contributed by atoms with E-state index in [1.807, 2.05) is 6.92 Å². The molecule has 4 heteroatoms. The molecule has 2 rings (SSSR count). The van der Waals surface area contributed by atoms with Gasteiger partial charge in [0.15, 0.2) is 0 Å². The summed E-state index contributed by atoms with van der Waals surface area (Å²) < 4.78 is 5.64. The Hall–Kier alpha value is -0.870. The highest BCUT2D eigenvalue weighted by Gasteiger charge is 2.24. The molecule has 96 valence electrons. The maximum atomic E-state index is 5.64. The van der Waals surface area contributed by atoms with E-state index >= 15 is 0 Å². The van der Waals surface area contributed by atoms with Crippen molar-refractivity contribution >= 4 is 0 Å². The second kappa shape index (κ2) is 5.65. The molecule has 2 heterocycles. The van der Waals surface area contributed by atoms with Gasteiger partial charge in [0.1, 0.15) is 5.76 Å². The van der Waals surface area contributed by atoms with Crippen LogP contribution in [0.15, 0.2) is 10.6 Å². The zero-order chi connectivity index (χ0) is 12.3. The Morgan fingerprint density at radius 1 is 1.65 bits per heavy atom. The van der Waals surface area contributed by atoms with Crippen LogP contribution < -0.4 is 5.32 Å². The van der Waals surface area contributed by atoms with E-state index in [4.69, 9.17) is 4.42 Å². The monoisotopic (exact) mass is 237 g/mol. The van der Waals surface area contributed by atoms with E-state index in [1.54, 1.807) is 6.20 Å². The molecular formula is C13H23N3O. The van der Waals surface area contributed by atoms with Gasteiger partial charge in [-0.15, -0.1) is 0 Å². The molecule has 1 saturated heterocycles. The number of hydrogen-bond acceptors (Lipinski definition) is 4. The number of nitrogens with zero attached hydrogens (tertiary/aromatic N) is 2. The Kier molecular flexibility index (Phi) is 4.18. The van der Waals surface area contributed by atoms with Crippen LogP contribution in [0.3, 0.4) is 0 Å². The molecule has 0 saturated carbocycles. The van der Waals surface area contributed by atoms with Crippen molar-refractivity contribution in [2.45, 2.75) is 45.7 Å². The minimum Gasteiger partial charge on any atom is -0.444 e. The van der Waals surface area contributed by atoms with Crippen molar-refractivity contribution in [1.82, 2.24) is 15.2 Å². The highest BCUT2D eigenvalue weighted by molar-refractivity contribution is 4.96. The summed E-state index contributed by atoms with van der Waals surface area (Å²) in [6.45, 7) is 9.68. The molecule has 1 aliphatic rings. The lowest BCUT2D eigenvalue weighted by Crippen LogP contribution is -2.38. The SMILES string of the molecule is CCC1CN(C(C)c2ncc(C)o2)CCCN1. The average molecular weight is 237 g/mol. The molecule has 0 amide bonds. The number of nitrogens with one attached hydrogen (secondary N) is 1. The maximum Gasteiger partial charge on any atom is 0.211 e. The summed E-state index contributed by atoms with van der Waals surface area (Å²) in [5.74, 6) is 1.74. The van der Waals surface area contributed by atoms with Gasteiger partial charge in [0.05, 0.1) is 12.2 Å². The van der Waals surface area contributed by atoms with Crippen LogP contribution in [-0.2, 0) is 0 Å². The van der Waals surface area contributed by atoms with Gasteiger partial charge in [0.2, 0.25) is 5.89 Å². The maximum absolute atomic E-state index is 5.64. The van der Waals surface area contributed by atoms with Gasteiger partial charge in [-0.2, -0.15) is 0 Å². The van der Waals surface area contributed by atoms with Crippen LogP contribution in [0.4, 0.5) is 0 Å². The lowest BCUT2D eigenvalue weighted by molar-refractivity contribution is 0.177. The van der Waals surface area contributed by atoms with Gasteiger partial charge < -0.3 is 9.73 Å². The molecule has 17 heavy (non-hydrogen) atoms. The lowest BCUT2D eigenvalue weighted by atomic mass is 10.2. The minimum absolute atomic E-state index is 0.276. The highest BCUT2D eigenvalue weighted by atomic mass is 16.4. The molecule has 0 aromatic carbocycles. The molecule has 1 aromatic heterocycles. The van der Waals surface area contributed by atoms with Crippen LogP contribution in [0.25, 0.3) is 0 Å². The average Bonchev–Trinajstić information content (AvgIpc) is 2.64. The molecular weight excluding hydrogens is 214 g/mol. The molecule has 2 atom stereocenters. The smallest absolute Gasteiger partial charge is 0.211 e. The van der Waals surface area contributed by atoms with Gasteiger partial charge >= 0.3 is 0 Å². The van der Waals surface area contributed by atoms with Crippen LogP contribution in [0.2, 0.25) is 0 Å². The van der Waals surface area contributed by atoms with E-state index < -0.39 is 0 Å². The van der Waals surface area contributed by atoms with E-state index in [2.05, 4.69) is 29.0 Å². The first kappa shape index (κ1) is 12.6. The van der Waals surface area contributed by atoms with Gasteiger partial charge in [0.25, 0.3) is 0 Å². The molecule has 0 radical (unpaired) electrons. The topological polar surface area (TPSA) is 41.3 Å². The third-order valence-corrected chi connectivity index (χ3v) is 3.55.